The van der Waals surface area contributed by atoms with Gasteiger partial charge in [0, 0.05) is 11.7 Å². The molecule has 5 nitrogen and oxygen atoms in total. The van der Waals surface area contributed by atoms with Crippen molar-refractivity contribution in [2.75, 3.05) is 11.9 Å². The van der Waals surface area contributed by atoms with Gasteiger partial charge in [0.2, 0.25) is 0 Å². The fourth-order valence-corrected chi connectivity index (χ4v) is 2.90. The fraction of sp³-hybridized carbons (Fsp3) is 0.368. The zero-order valence-electron chi connectivity index (χ0n) is 13.9. The second-order valence-corrected chi connectivity index (χ2v) is 5.97. The van der Waals surface area contributed by atoms with Gasteiger partial charge in [-0.1, -0.05) is 12.8 Å². The summed E-state index contributed by atoms with van der Waals surface area (Å²) >= 11 is 0. The zero-order valence-corrected chi connectivity index (χ0v) is 13.9. The molecule has 2 N–H and O–H groups in total. The molecule has 1 aliphatic rings. The van der Waals surface area contributed by atoms with E-state index in [1.54, 1.807) is 12.3 Å². The van der Waals surface area contributed by atoms with Crippen LogP contribution in [0.25, 0.3) is 0 Å². The molecule has 126 valence electrons. The Morgan fingerprint density at radius 2 is 1.83 bits per heavy atom. The molecule has 2 aromatic rings. The lowest BCUT2D eigenvalue weighted by atomic mass is 10.2. The van der Waals surface area contributed by atoms with Gasteiger partial charge in [0.05, 0.1) is 18.5 Å². The van der Waals surface area contributed by atoms with Crippen molar-refractivity contribution in [3.8, 4) is 5.75 Å². The highest BCUT2D eigenvalue weighted by Crippen LogP contribution is 2.20. The van der Waals surface area contributed by atoms with Gasteiger partial charge < -0.3 is 15.4 Å². The maximum Gasteiger partial charge on any atom is 0.270 e. The quantitative estimate of drug-likeness (QED) is 0.845. The van der Waals surface area contributed by atoms with Gasteiger partial charge in [-0.15, -0.1) is 0 Å². The highest BCUT2D eigenvalue weighted by Gasteiger charge is 2.18. The lowest BCUT2D eigenvalue weighted by Crippen LogP contribution is -2.33. The van der Waals surface area contributed by atoms with E-state index in [2.05, 4.69) is 15.6 Å². The van der Waals surface area contributed by atoms with Gasteiger partial charge in [-0.05, 0) is 56.2 Å². The molecule has 0 aliphatic heterocycles. The van der Waals surface area contributed by atoms with E-state index in [4.69, 9.17) is 4.74 Å². The molecular formula is C19H23N3O2. The monoisotopic (exact) mass is 325 g/mol. The number of nitrogens with zero attached hydrogens (tertiary/aromatic N) is 1. The zero-order chi connectivity index (χ0) is 16.8. The minimum Gasteiger partial charge on any atom is -0.494 e. The van der Waals surface area contributed by atoms with Crippen molar-refractivity contribution in [3.05, 3.63) is 48.3 Å². The SMILES string of the molecule is CCOc1ccc(Nc2ccc(C(=O)NC3CCCC3)nc2)cc1. The smallest absolute Gasteiger partial charge is 0.270 e. The van der Waals surface area contributed by atoms with Gasteiger partial charge in [0.25, 0.3) is 5.91 Å². The number of nitrogens with one attached hydrogen (secondary N) is 2. The second kappa shape index (κ2) is 7.81. The van der Waals surface area contributed by atoms with E-state index in [0.717, 1.165) is 30.0 Å². The average molecular weight is 325 g/mol. The molecule has 1 aromatic carbocycles. The first-order chi connectivity index (χ1) is 11.7. The van der Waals surface area contributed by atoms with E-state index < -0.39 is 0 Å². The van der Waals surface area contributed by atoms with Gasteiger partial charge in [-0.2, -0.15) is 0 Å². The summed E-state index contributed by atoms with van der Waals surface area (Å²) in [5.74, 6) is 0.759. The first kappa shape index (κ1) is 16.3. The summed E-state index contributed by atoms with van der Waals surface area (Å²) in [6.07, 6.45) is 6.22. The highest BCUT2D eigenvalue weighted by molar-refractivity contribution is 5.92. The average Bonchev–Trinajstić information content (AvgIpc) is 3.10. The molecule has 24 heavy (non-hydrogen) atoms. The molecule has 3 rings (SSSR count). The largest absolute Gasteiger partial charge is 0.494 e. The van der Waals surface area contributed by atoms with Crippen LogP contribution in [0.2, 0.25) is 0 Å². The third kappa shape index (κ3) is 4.25. The molecule has 0 atom stereocenters. The number of anilines is 2. The fourth-order valence-electron chi connectivity index (χ4n) is 2.90. The van der Waals surface area contributed by atoms with Gasteiger partial charge in [0.15, 0.2) is 0 Å². The Labute approximate surface area is 142 Å². The number of rotatable bonds is 6. The van der Waals surface area contributed by atoms with Crippen molar-refractivity contribution in [1.29, 1.82) is 0 Å². The molecule has 0 radical (unpaired) electrons. The number of hydrogen-bond donors (Lipinski definition) is 2. The lowest BCUT2D eigenvalue weighted by Gasteiger charge is -2.12. The molecule has 1 aliphatic carbocycles. The normalized spacial score (nSPS) is 14.4. The van der Waals surface area contributed by atoms with Crippen molar-refractivity contribution in [3.63, 3.8) is 0 Å². The summed E-state index contributed by atoms with van der Waals surface area (Å²) in [5, 5.41) is 6.31. The van der Waals surface area contributed by atoms with Crippen LogP contribution < -0.4 is 15.4 Å². The molecule has 0 unspecified atom stereocenters. The summed E-state index contributed by atoms with van der Waals surface area (Å²) in [6, 6.07) is 11.7. The Hall–Kier alpha value is -2.56. The van der Waals surface area contributed by atoms with Crippen LogP contribution in [-0.2, 0) is 0 Å². The minimum atomic E-state index is -0.0884. The second-order valence-electron chi connectivity index (χ2n) is 5.97. The number of ether oxygens (including phenoxy) is 1. The third-order valence-electron chi connectivity index (χ3n) is 4.14. The number of pyridine rings is 1. The highest BCUT2D eigenvalue weighted by atomic mass is 16.5. The predicted octanol–water partition coefficient (Wildman–Crippen LogP) is 3.90. The van der Waals surface area contributed by atoms with Gasteiger partial charge in [-0.3, -0.25) is 4.79 Å². The Kier molecular flexibility index (Phi) is 5.31. The van der Waals surface area contributed by atoms with Crippen molar-refractivity contribution in [2.45, 2.75) is 38.6 Å². The molecule has 1 amide bonds. The number of carbonyl (C=O) groups excluding carboxylic acids is 1. The van der Waals surface area contributed by atoms with Crippen molar-refractivity contribution >= 4 is 17.3 Å². The third-order valence-corrected chi connectivity index (χ3v) is 4.14. The summed E-state index contributed by atoms with van der Waals surface area (Å²) < 4.78 is 5.42. The predicted molar refractivity (Wildman–Crippen MR) is 94.9 cm³/mol. The molecule has 1 aromatic heterocycles. The van der Waals surface area contributed by atoms with E-state index in [-0.39, 0.29) is 5.91 Å². The standard InChI is InChI=1S/C19H23N3O2/c1-2-24-17-10-7-15(8-11-17)21-16-9-12-18(20-13-16)19(23)22-14-5-3-4-6-14/h7-14,21H,2-6H2,1H3,(H,22,23). The molecule has 1 heterocycles. The maximum atomic E-state index is 12.2. The number of amides is 1. The summed E-state index contributed by atoms with van der Waals surface area (Å²) in [6.45, 7) is 2.61. The Balaban J connectivity index is 1.58. The van der Waals surface area contributed by atoms with Crippen LogP contribution >= 0.6 is 0 Å². The number of benzene rings is 1. The van der Waals surface area contributed by atoms with Crippen LogP contribution in [0.5, 0.6) is 5.75 Å². The van der Waals surface area contributed by atoms with E-state index in [1.807, 2.05) is 37.3 Å². The Morgan fingerprint density at radius 1 is 1.12 bits per heavy atom. The van der Waals surface area contributed by atoms with Gasteiger partial charge in [0.1, 0.15) is 11.4 Å². The van der Waals surface area contributed by atoms with E-state index >= 15 is 0 Å². The molecular weight excluding hydrogens is 302 g/mol. The number of hydrogen-bond acceptors (Lipinski definition) is 4. The van der Waals surface area contributed by atoms with Crippen LogP contribution in [0.4, 0.5) is 11.4 Å². The Morgan fingerprint density at radius 3 is 2.46 bits per heavy atom. The van der Waals surface area contributed by atoms with Crippen molar-refractivity contribution in [2.24, 2.45) is 0 Å². The van der Waals surface area contributed by atoms with Crippen LogP contribution in [0.3, 0.4) is 0 Å². The summed E-state index contributed by atoms with van der Waals surface area (Å²) in [5.41, 5.74) is 2.25. The van der Waals surface area contributed by atoms with E-state index in [0.29, 0.717) is 18.3 Å². The molecule has 0 spiro atoms. The minimum absolute atomic E-state index is 0.0884. The summed E-state index contributed by atoms with van der Waals surface area (Å²) in [7, 11) is 0. The molecule has 5 heteroatoms. The van der Waals surface area contributed by atoms with Gasteiger partial charge >= 0.3 is 0 Å². The number of carbonyl (C=O) groups is 1. The van der Waals surface area contributed by atoms with Crippen LogP contribution in [0.1, 0.15) is 43.1 Å². The van der Waals surface area contributed by atoms with Crippen LogP contribution in [0.15, 0.2) is 42.6 Å². The molecule has 0 bridgehead atoms. The summed E-state index contributed by atoms with van der Waals surface area (Å²) in [4.78, 5) is 16.4. The molecule has 0 saturated heterocycles. The first-order valence-corrected chi connectivity index (χ1v) is 8.51. The van der Waals surface area contributed by atoms with Crippen molar-refractivity contribution in [1.82, 2.24) is 10.3 Å². The van der Waals surface area contributed by atoms with Crippen LogP contribution in [0, 0.1) is 0 Å². The molecule has 1 fully saturated rings. The van der Waals surface area contributed by atoms with E-state index in [1.165, 1.54) is 12.8 Å². The topological polar surface area (TPSA) is 63.2 Å². The van der Waals surface area contributed by atoms with E-state index in [9.17, 15) is 4.79 Å². The first-order valence-electron chi connectivity index (χ1n) is 8.51. The Bertz CT molecular complexity index is 662. The van der Waals surface area contributed by atoms with Gasteiger partial charge in [-0.25, -0.2) is 4.98 Å². The van der Waals surface area contributed by atoms with Crippen LogP contribution in [-0.4, -0.2) is 23.5 Å². The number of aromatic nitrogens is 1. The maximum absolute atomic E-state index is 12.2. The lowest BCUT2D eigenvalue weighted by molar-refractivity contribution is 0.0933. The van der Waals surface area contributed by atoms with Crippen molar-refractivity contribution < 1.29 is 9.53 Å². The molecule has 1 saturated carbocycles.